The van der Waals surface area contributed by atoms with Crippen LogP contribution in [0.3, 0.4) is 0 Å². The van der Waals surface area contributed by atoms with Gasteiger partial charge in [0.05, 0.1) is 0 Å². The smallest absolute Gasteiger partial charge is 0.171 e. The fourth-order valence-corrected chi connectivity index (χ4v) is 6.32. The van der Waals surface area contributed by atoms with Gasteiger partial charge in [0.1, 0.15) is 0 Å². The molecule has 1 atom stereocenters. The summed E-state index contributed by atoms with van der Waals surface area (Å²) in [4.78, 5) is 0. The van der Waals surface area contributed by atoms with Crippen molar-refractivity contribution in [3.63, 3.8) is 0 Å². The maximum atomic E-state index is 11.9. The highest BCUT2D eigenvalue weighted by Gasteiger charge is 2.57. The van der Waals surface area contributed by atoms with Crippen molar-refractivity contribution in [3.05, 3.63) is 0 Å². The second kappa shape index (κ2) is 68.0. The van der Waals surface area contributed by atoms with E-state index in [1.54, 1.807) is 27.7 Å². The summed E-state index contributed by atoms with van der Waals surface area (Å²) >= 11 is 0. The van der Waals surface area contributed by atoms with E-state index in [9.17, 15) is 119 Å². The molecule has 0 saturated carbocycles. The van der Waals surface area contributed by atoms with Gasteiger partial charge in [0.25, 0.3) is 0 Å². The Bertz CT molecular complexity index is 1630. The summed E-state index contributed by atoms with van der Waals surface area (Å²) in [7, 11) is 0. The Hall–Kier alpha value is -1.89. The van der Waals surface area contributed by atoms with Crippen LogP contribution in [0.5, 0.6) is 0 Å². The second-order valence-corrected chi connectivity index (χ2v) is 31.1. The molecule has 0 saturated heterocycles. The summed E-state index contributed by atoms with van der Waals surface area (Å²) in [5.74, 6) is -5.80. The molecule has 0 aromatic carbocycles. The van der Waals surface area contributed by atoms with Gasteiger partial charge in [-0.1, -0.05) is 317 Å². The molecular formula is C77H151F27. The van der Waals surface area contributed by atoms with Crippen LogP contribution < -0.4 is 0 Å². The highest BCUT2D eigenvalue weighted by atomic mass is 19.4. The first-order valence-corrected chi connectivity index (χ1v) is 37.6. The largest absolute Gasteiger partial charge is 0.400 e. The summed E-state index contributed by atoms with van der Waals surface area (Å²) < 4.78 is 316. The molecule has 0 unspecified atom stereocenters. The minimum atomic E-state index is -5.19. The molecule has 0 aromatic heterocycles. The maximum Gasteiger partial charge on any atom is 0.400 e. The molecule has 0 aromatic rings. The summed E-state index contributed by atoms with van der Waals surface area (Å²) in [6.45, 7) is 61.6. The average Bonchev–Trinajstić information content (AvgIpc) is 0.849. The van der Waals surface area contributed by atoms with Gasteiger partial charge in [0, 0.05) is 19.3 Å². The SMILES string of the molecule is CC(C)C(C)C.CC(C)CC(C(F)(F)F)C(F)(F)F.CC(C)CCC(F)(F)F.CCC(C)(C)C.CCC(C)(C)C.CCC(C)CC.CCCC(C(F)(F)F)C(F)(F)F.CCCC(C)C.CCCCC(C(F)(F)F)C(F)(F)F.CCCCC(C)C.CCCCCCC(F)(F)F.CCC[C@H](C)CC(F)(F)F. The van der Waals surface area contributed by atoms with Crippen molar-refractivity contribution in [1.82, 2.24) is 0 Å². The number of halogens is 27. The number of unbranched alkanes of at least 4 members (excludes halogenated alkanes) is 5. The summed E-state index contributed by atoms with van der Waals surface area (Å²) in [6.07, 6.45) is -30.8. The third-order valence-corrected chi connectivity index (χ3v) is 15.0. The molecule has 0 nitrogen and oxygen atoms in total. The van der Waals surface area contributed by atoms with Crippen molar-refractivity contribution < 1.29 is 119 Å². The second-order valence-electron chi connectivity index (χ2n) is 31.1. The minimum Gasteiger partial charge on any atom is -0.171 e. The number of hydrogen-bond donors (Lipinski definition) is 0. The lowest BCUT2D eigenvalue weighted by molar-refractivity contribution is -0.288. The quantitative estimate of drug-likeness (QED) is 0.0667. The zero-order valence-electron chi connectivity index (χ0n) is 69.7. The molecule has 104 heavy (non-hydrogen) atoms. The predicted molar refractivity (Wildman–Crippen MR) is 383 cm³/mol. The molecule has 0 heterocycles. The molecule has 0 bridgehead atoms. The van der Waals surface area contributed by atoms with Crippen molar-refractivity contribution in [1.29, 1.82) is 0 Å². The van der Waals surface area contributed by atoms with Crippen LogP contribution in [0.1, 0.15) is 368 Å². The van der Waals surface area contributed by atoms with Gasteiger partial charge >= 0.3 is 55.6 Å². The van der Waals surface area contributed by atoms with Crippen molar-refractivity contribution in [2.75, 3.05) is 0 Å². The van der Waals surface area contributed by atoms with Gasteiger partial charge in [-0.15, -0.1) is 0 Å². The Morgan fingerprint density at radius 3 is 0.635 bits per heavy atom. The topological polar surface area (TPSA) is 0 Å². The van der Waals surface area contributed by atoms with Gasteiger partial charge in [-0.3, -0.25) is 0 Å². The molecule has 0 spiro atoms. The Morgan fingerprint density at radius 2 is 0.500 bits per heavy atom. The first-order chi connectivity index (χ1) is 46.0. The number of alkyl halides is 27. The lowest BCUT2D eigenvalue weighted by Gasteiger charge is -2.24. The van der Waals surface area contributed by atoms with E-state index < -0.39 is 118 Å². The van der Waals surface area contributed by atoms with E-state index in [0.717, 1.165) is 48.9 Å². The normalized spacial score (nSPS) is 12.7. The highest BCUT2D eigenvalue weighted by molar-refractivity contribution is 4.77. The molecule has 0 fully saturated rings. The van der Waals surface area contributed by atoms with Gasteiger partial charge in [-0.2, -0.15) is 119 Å². The van der Waals surface area contributed by atoms with E-state index in [1.807, 2.05) is 13.8 Å². The van der Waals surface area contributed by atoms with Crippen LogP contribution in [0.4, 0.5) is 119 Å². The van der Waals surface area contributed by atoms with E-state index in [0.29, 0.717) is 30.1 Å². The van der Waals surface area contributed by atoms with Gasteiger partial charge in [0.15, 0.2) is 17.8 Å². The van der Waals surface area contributed by atoms with E-state index in [-0.39, 0.29) is 37.5 Å². The molecule has 0 amide bonds. The first-order valence-electron chi connectivity index (χ1n) is 37.6. The Balaban J connectivity index is -0.0000000898. The molecular weight excluding hydrogens is 1440 g/mol. The number of rotatable bonds is 24. The van der Waals surface area contributed by atoms with Crippen LogP contribution in [-0.4, -0.2) is 55.6 Å². The van der Waals surface area contributed by atoms with E-state index in [4.69, 9.17) is 0 Å². The fourth-order valence-electron chi connectivity index (χ4n) is 6.32. The van der Waals surface area contributed by atoms with Crippen LogP contribution in [-0.2, 0) is 0 Å². The molecule has 648 valence electrons. The number of hydrogen-bond acceptors (Lipinski definition) is 0. The maximum absolute atomic E-state index is 11.9. The third kappa shape index (κ3) is 130. The summed E-state index contributed by atoms with van der Waals surface area (Å²) in [5, 5.41) is 0. The molecule has 0 rings (SSSR count). The lowest BCUT2D eigenvalue weighted by atomic mass is 9.94. The fraction of sp³-hybridized carbons (Fsp3) is 1.00. The van der Waals surface area contributed by atoms with Crippen LogP contribution in [0.2, 0.25) is 0 Å². The zero-order chi connectivity index (χ0) is 86.5. The monoisotopic (exact) mass is 1590 g/mol. The average molecular weight is 1590 g/mol. The minimum absolute atomic E-state index is 0.0658. The molecule has 0 aliphatic carbocycles. The van der Waals surface area contributed by atoms with Crippen LogP contribution in [0.25, 0.3) is 0 Å². The van der Waals surface area contributed by atoms with Crippen LogP contribution in [0, 0.1) is 75.9 Å². The van der Waals surface area contributed by atoms with Crippen LogP contribution >= 0.6 is 0 Å². The standard InChI is InChI=1S/2C7H10F6.2C7H13F3.C7H16.C6H8F6.C6H11F3.5C6H14/c1-4(2)3-5(6(8,9)10)7(11,12)13;1-2-3-4-5(6(8,9)10)7(11,12)13;1-3-4-6(2)5-7(8,9)10;1-2-3-4-5-6-7(8,9)10;1-4-5-6-7(2)3;1-2-3-4(5(7,8)9)6(10,11)12;1-5(2)3-4-6(7,8)9;2*1-5-6(2,3)4;1-5(2)6(3)4;1-4-5-6(2)3;1-4-6(3)5-2/h4-5H,3H2,1-2H3;5H,2-4H2,1H3;6H,3-5H2,1-2H3;2-6H2,1H3;7H,4-6H2,1-3H3;4H,2-3H2,1H3;5H,3-4H2,1-2H3;2*5H2,1-4H3;5-6H,1-4H3;2*6H,4-5H2,1-3H3/t;;6-;;;;;;;;;/m..0........./s1. The van der Waals surface area contributed by atoms with Gasteiger partial charge in [-0.05, 0) is 90.3 Å². The molecule has 0 N–H and O–H groups in total. The van der Waals surface area contributed by atoms with E-state index in [1.165, 1.54) is 78.6 Å². The van der Waals surface area contributed by atoms with Crippen molar-refractivity contribution in [2.24, 2.45) is 75.9 Å². The third-order valence-electron chi connectivity index (χ3n) is 15.0. The highest BCUT2D eigenvalue weighted by Crippen LogP contribution is 2.45. The van der Waals surface area contributed by atoms with E-state index >= 15 is 0 Å². The Morgan fingerprint density at radius 1 is 0.231 bits per heavy atom. The van der Waals surface area contributed by atoms with E-state index in [2.05, 4.69) is 145 Å². The van der Waals surface area contributed by atoms with Crippen molar-refractivity contribution in [3.8, 4) is 0 Å². The Labute approximate surface area is 616 Å². The Kier molecular flexibility index (Phi) is 84.0. The van der Waals surface area contributed by atoms with Gasteiger partial charge in [0.2, 0.25) is 0 Å². The summed E-state index contributed by atoms with van der Waals surface area (Å²) in [6, 6.07) is 0. The molecule has 27 heteroatoms. The summed E-state index contributed by atoms with van der Waals surface area (Å²) in [5.41, 5.74) is 1.08. The molecule has 0 aliphatic rings. The van der Waals surface area contributed by atoms with Gasteiger partial charge < -0.3 is 0 Å². The van der Waals surface area contributed by atoms with Crippen LogP contribution in [0.15, 0.2) is 0 Å². The first kappa shape index (κ1) is 129. The van der Waals surface area contributed by atoms with Crippen molar-refractivity contribution >= 4 is 0 Å². The molecule has 0 aliphatic heterocycles. The van der Waals surface area contributed by atoms with Gasteiger partial charge in [-0.25, -0.2) is 0 Å². The zero-order valence-corrected chi connectivity index (χ0v) is 69.7. The lowest BCUT2D eigenvalue weighted by Crippen LogP contribution is -2.37. The molecule has 0 radical (unpaired) electrons. The predicted octanol–water partition coefficient (Wildman–Crippen LogP) is 36.0. The van der Waals surface area contributed by atoms with Crippen molar-refractivity contribution in [2.45, 2.75) is 424 Å².